The number of piperazine rings is 1. The zero-order chi connectivity index (χ0) is 15.4. The Labute approximate surface area is 124 Å². The summed E-state index contributed by atoms with van der Waals surface area (Å²) in [7, 11) is 0. The van der Waals surface area contributed by atoms with Crippen LogP contribution in [0.25, 0.3) is 0 Å². The lowest BCUT2D eigenvalue weighted by molar-refractivity contribution is 0.0697. The molecule has 2 amide bonds. The summed E-state index contributed by atoms with van der Waals surface area (Å²) in [4.78, 5) is 27.2. The molecule has 1 aliphatic heterocycles. The van der Waals surface area contributed by atoms with E-state index >= 15 is 0 Å². The SMILES string of the molecule is CC(C)N1CCN(C(=O)Nc2cccc(C(=O)O)c2)CC1. The molecule has 0 spiro atoms. The Hall–Kier alpha value is -2.08. The van der Waals surface area contributed by atoms with Crippen LogP contribution < -0.4 is 5.32 Å². The predicted octanol–water partition coefficient (Wildman–Crippen LogP) is 1.94. The number of carbonyl (C=O) groups excluding carboxylic acids is 1. The van der Waals surface area contributed by atoms with Gasteiger partial charge in [-0.3, -0.25) is 4.90 Å². The number of benzene rings is 1. The highest BCUT2D eigenvalue weighted by Gasteiger charge is 2.22. The quantitative estimate of drug-likeness (QED) is 0.892. The second kappa shape index (κ2) is 6.58. The molecule has 0 bridgehead atoms. The summed E-state index contributed by atoms with van der Waals surface area (Å²) in [5, 5.41) is 11.7. The van der Waals surface area contributed by atoms with Gasteiger partial charge in [0.1, 0.15) is 0 Å². The highest BCUT2D eigenvalue weighted by Crippen LogP contribution is 2.13. The van der Waals surface area contributed by atoms with E-state index in [1.807, 2.05) is 0 Å². The lowest BCUT2D eigenvalue weighted by Gasteiger charge is -2.36. The van der Waals surface area contributed by atoms with Crippen LogP contribution in [0.15, 0.2) is 24.3 Å². The van der Waals surface area contributed by atoms with Gasteiger partial charge in [-0.25, -0.2) is 9.59 Å². The van der Waals surface area contributed by atoms with E-state index in [9.17, 15) is 9.59 Å². The van der Waals surface area contributed by atoms with Crippen molar-refractivity contribution in [1.29, 1.82) is 0 Å². The lowest BCUT2D eigenvalue weighted by Crippen LogP contribution is -2.51. The van der Waals surface area contributed by atoms with Gasteiger partial charge in [-0.2, -0.15) is 0 Å². The fourth-order valence-corrected chi connectivity index (χ4v) is 2.37. The minimum atomic E-state index is -1.00. The standard InChI is InChI=1S/C15H21N3O3/c1-11(2)17-6-8-18(9-7-17)15(21)16-13-5-3-4-12(10-13)14(19)20/h3-5,10-11H,6-9H2,1-2H3,(H,16,21)(H,19,20). The van der Waals surface area contributed by atoms with Crippen LogP contribution in [0.3, 0.4) is 0 Å². The summed E-state index contributed by atoms with van der Waals surface area (Å²) in [6, 6.07) is 6.58. The molecule has 114 valence electrons. The summed E-state index contributed by atoms with van der Waals surface area (Å²) in [5.74, 6) is -1.00. The summed E-state index contributed by atoms with van der Waals surface area (Å²) in [6.45, 7) is 7.38. The molecule has 0 aromatic heterocycles. The van der Waals surface area contributed by atoms with Crippen molar-refractivity contribution in [3.05, 3.63) is 29.8 Å². The van der Waals surface area contributed by atoms with E-state index in [1.165, 1.54) is 12.1 Å². The molecule has 0 radical (unpaired) electrons. The summed E-state index contributed by atoms with van der Waals surface area (Å²) < 4.78 is 0. The predicted molar refractivity (Wildman–Crippen MR) is 80.7 cm³/mol. The van der Waals surface area contributed by atoms with Gasteiger partial charge in [-0.05, 0) is 32.0 Å². The molecular weight excluding hydrogens is 270 g/mol. The Morgan fingerprint density at radius 2 is 1.86 bits per heavy atom. The molecule has 1 fully saturated rings. The molecule has 0 saturated carbocycles. The number of rotatable bonds is 3. The monoisotopic (exact) mass is 291 g/mol. The maximum absolute atomic E-state index is 12.2. The van der Waals surface area contributed by atoms with Crippen LogP contribution in [-0.2, 0) is 0 Å². The maximum Gasteiger partial charge on any atom is 0.335 e. The Morgan fingerprint density at radius 3 is 2.43 bits per heavy atom. The third-order valence-corrected chi connectivity index (χ3v) is 3.69. The van der Waals surface area contributed by atoms with Gasteiger partial charge in [0, 0.05) is 37.9 Å². The number of carbonyl (C=O) groups is 2. The molecule has 1 aromatic rings. The second-order valence-electron chi connectivity index (χ2n) is 5.43. The molecule has 0 unspecified atom stereocenters. The van der Waals surface area contributed by atoms with E-state index < -0.39 is 5.97 Å². The zero-order valence-corrected chi connectivity index (χ0v) is 12.4. The highest BCUT2D eigenvalue weighted by molar-refractivity contribution is 5.93. The van der Waals surface area contributed by atoms with E-state index in [-0.39, 0.29) is 11.6 Å². The van der Waals surface area contributed by atoms with Gasteiger partial charge >= 0.3 is 12.0 Å². The minimum absolute atomic E-state index is 0.164. The smallest absolute Gasteiger partial charge is 0.335 e. The van der Waals surface area contributed by atoms with Crippen molar-refractivity contribution in [1.82, 2.24) is 9.80 Å². The van der Waals surface area contributed by atoms with E-state index in [0.717, 1.165) is 13.1 Å². The highest BCUT2D eigenvalue weighted by atomic mass is 16.4. The van der Waals surface area contributed by atoms with Crippen LogP contribution in [0.2, 0.25) is 0 Å². The Kier molecular flexibility index (Phi) is 4.80. The van der Waals surface area contributed by atoms with Gasteiger partial charge in [0.05, 0.1) is 5.56 Å². The van der Waals surface area contributed by atoms with Crippen molar-refractivity contribution in [3.8, 4) is 0 Å². The van der Waals surface area contributed by atoms with Gasteiger partial charge in [-0.1, -0.05) is 6.07 Å². The number of carboxylic acid groups (broad SMARTS) is 1. The van der Waals surface area contributed by atoms with E-state index in [2.05, 4.69) is 24.1 Å². The number of carboxylic acids is 1. The first-order valence-corrected chi connectivity index (χ1v) is 7.10. The summed E-state index contributed by atoms with van der Waals surface area (Å²) in [5.41, 5.74) is 0.670. The number of aromatic carboxylic acids is 1. The fraction of sp³-hybridized carbons (Fsp3) is 0.467. The van der Waals surface area contributed by atoms with Crippen LogP contribution in [-0.4, -0.2) is 59.1 Å². The van der Waals surface area contributed by atoms with Crippen LogP contribution >= 0.6 is 0 Å². The largest absolute Gasteiger partial charge is 0.478 e. The van der Waals surface area contributed by atoms with Crippen molar-refractivity contribution in [2.24, 2.45) is 0 Å². The van der Waals surface area contributed by atoms with Crippen LogP contribution in [0.4, 0.5) is 10.5 Å². The minimum Gasteiger partial charge on any atom is -0.478 e. The molecule has 2 rings (SSSR count). The molecule has 21 heavy (non-hydrogen) atoms. The second-order valence-corrected chi connectivity index (χ2v) is 5.43. The van der Waals surface area contributed by atoms with Gasteiger partial charge in [0.25, 0.3) is 0 Å². The number of hydrogen-bond donors (Lipinski definition) is 2. The maximum atomic E-state index is 12.2. The van der Waals surface area contributed by atoms with Crippen molar-refractivity contribution >= 4 is 17.7 Å². The van der Waals surface area contributed by atoms with Crippen molar-refractivity contribution < 1.29 is 14.7 Å². The molecule has 1 aromatic carbocycles. The Balaban J connectivity index is 1.93. The molecular formula is C15H21N3O3. The topological polar surface area (TPSA) is 72.9 Å². The zero-order valence-electron chi connectivity index (χ0n) is 12.4. The number of amides is 2. The molecule has 0 aliphatic carbocycles. The van der Waals surface area contributed by atoms with Gasteiger partial charge < -0.3 is 15.3 Å². The third-order valence-electron chi connectivity index (χ3n) is 3.69. The molecule has 6 nitrogen and oxygen atoms in total. The van der Waals surface area contributed by atoms with Crippen LogP contribution in [0, 0.1) is 0 Å². The number of hydrogen-bond acceptors (Lipinski definition) is 3. The van der Waals surface area contributed by atoms with Crippen molar-refractivity contribution in [2.75, 3.05) is 31.5 Å². The molecule has 1 saturated heterocycles. The number of anilines is 1. The number of nitrogens with one attached hydrogen (secondary N) is 1. The summed E-state index contributed by atoms with van der Waals surface area (Å²) in [6.07, 6.45) is 0. The normalized spacial score (nSPS) is 16.0. The van der Waals surface area contributed by atoms with E-state index in [1.54, 1.807) is 17.0 Å². The van der Waals surface area contributed by atoms with E-state index in [4.69, 9.17) is 5.11 Å². The van der Waals surface area contributed by atoms with Gasteiger partial charge in [0.2, 0.25) is 0 Å². The van der Waals surface area contributed by atoms with Crippen LogP contribution in [0.5, 0.6) is 0 Å². The molecule has 0 atom stereocenters. The first kappa shape index (κ1) is 15.3. The Bertz CT molecular complexity index is 523. The number of nitrogens with zero attached hydrogens (tertiary/aromatic N) is 2. The Morgan fingerprint density at radius 1 is 1.19 bits per heavy atom. The third kappa shape index (κ3) is 3.95. The molecule has 2 N–H and O–H groups in total. The van der Waals surface area contributed by atoms with Gasteiger partial charge in [-0.15, -0.1) is 0 Å². The van der Waals surface area contributed by atoms with Crippen molar-refractivity contribution in [2.45, 2.75) is 19.9 Å². The average Bonchev–Trinajstić information content (AvgIpc) is 2.47. The van der Waals surface area contributed by atoms with E-state index in [0.29, 0.717) is 24.8 Å². The van der Waals surface area contributed by atoms with Crippen molar-refractivity contribution in [3.63, 3.8) is 0 Å². The summed E-state index contributed by atoms with van der Waals surface area (Å²) >= 11 is 0. The number of urea groups is 1. The first-order valence-electron chi connectivity index (χ1n) is 7.10. The van der Waals surface area contributed by atoms with Crippen LogP contribution in [0.1, 0.15) is 24.2 Å². The van der Waals surface area contributed by atoms with Gasteiger partial charge in [0.15, 0.2) is 0 Å². The molecule has 6 heteroatoms. The average molecular weight is 291 g/mol. The molecule has 1 aliphatic rings. The lowest BCUT2D eigenvalue weighted by atomic mass is 10.2. The fourth-order valence-electron chi connectivity index (χ4n) is 2.37. The molecule has 1 heterocycles. The first-order chi connectivity index (χ1) is 9.97.